The first kappa shape index (κ1) is 45.0. The predicted octanol–water partition coefficient (Wildman–Crippen LogP) is 7.39. The fourth-order valence-electron chi connectivity index (χ4n) is 5.77. The van der Waals surface area contributed by atoms with Crippen LogP contribution < -0.4 is 25.7 Å². The van der Waals surface area contributed by atoms with Gasteiger partial charge in [-0.05, 0) is 74.7 Å². The lowest BCUT2D eigenvalue weighted by Crippen LogP contribution is -2.49. The molecule has 2 saturated heterocycles. The van der Waals surface area contributed by atoms with Gasteiger partial charge in [-0.15, -0.1) is 0 Å². The monoisotopic (exact) mass is 844 g/mol. The smallest absolute Gasteiger partial charge is 0.415 e. The van der Waals surface area contributed by atoms with Gasteiger partial charge in [0.1, 0.15) is 17.2 Å². The van der Waals surface area contributed by atoms with Crippen molar-refractivity contribution >= 4 is 57.6 Å². The number of hydrogen-bond acceptors (Lipinski definition) is 12. The third-order valence-corrected chi connectivity index (χ3v) is 9.33. The van der Waals surface area contributed by atoms with Crippen molar-refractivity contribution in [1.82, 2.24) is 29.6 Å². The molecular formula is C40H51Cl3N8O6. The molecule has 0 saturated carbocycles. The number of rotatable bonds is 9. The maximum absolute atomic E-state index is 12.3. The topological polar surface area (TPSA) is 173 Å². The van der Waals surface area contributed by atoms with Gasteiger partial charge in [0.2, 0.25) is 0 Å². The van der Waals surface area contributed by atoms with Crippen molar-refractivity contribution in [3.05, 3.63) is 94.5 Å². The Morgan fingerprint density at radius 2 is 1.14 bits per heavy atom. The minimum Gasteiger partial charge on any atom is -0.506 e. The Kier molecular flexibility index (Phi) is 17.6. The lowest BCUT2D eigenvalue weighted by atomic mass is 10.2. The summed E-state index contributed by atoms with van der Waals surface area (Å²) in [6, 6.07) is 14.7. The van der Waals surface area contributed by atoms with Crippen LogP contribution in [0, 0.1) is 0 Å². The fourth-order valence-corrected chi connectivity index (χ4v) is 6.26. The van der Waals surface area contributed by atoms with E-state index in [0.717, 1.165) is 56.1 Å². The van der Waals surface area contributed by atoms with Crippen LogP contribution in [0.2, 0.25) is 10.0 Å². The van der Waals surface area contributed by atoms with Crippen LogP contribution in [-0.4, -0.2) is 111 Å². The largest absolute Gasteiger partial charge is 0.506 e. The van der Waals surface area contributed by atoms with Crippen molar-refractivity contribution in [3.8, 4) is 23.0 Å². The molecule has 2 aliphatic heterocycles. The number of nitrogen functional groups attached to an aromatic ring is 2. The third-order valence-electron chi connectivity index (χ3n) is 8.46. The molecule has 2 amide bonds. The van der Waals surface area contributed by atoms with E-state index in [0.29, 0.717) is 59.1 Å². The number of halogens is 3. The lowest BCUT2D eigenvalue weighted by molar-refractivity contribution is 0.108. The summed E-state index contributed by atoms with van der Waals surface area (Å²) in [5.74, 6) is 1.88. The molecule has 14 nitrogen and oxygen atoms in total. The van der Waals surface area contributed by atoms with Gasteiger partial charge in [-0.1, -0.05) is 35.3 Å². The van der Waals surface area contributed by atoms with E-state index in [1.807, 2.05) is 64.1 Å². The van der Waals surface area contributed by atoms with Gasteiger partial charge in [0.15, 0.2) is 5.75 Å². The number of nitrogens with zero attached hydrogens (tertiary/aromatic N) is 6. The lowest BCUT2D eigenvalue weighted by Gasteiger charge is -2.34. The van der Waals surface area contributed by atoms with Crippen molar-refractivity contribution in [2.24, 2.45) is 0 Å². The molecule has 6 rings (SSSR count). The second kappa shape index (κ2) is 22.3. The average Bonchev–Trinajstić information content (AvgIpc) is 3.15. The summed E-state index contributed by atoms with van der Waals surface area (Å²) in [6.45, 7) is 15.2. The van der Waals surface area contributed by atoms with Crippen LogP contribution in [0.1, 0.15) is 38.8 Å². The number of pyridine rings is 2. The number of nitrogens with two attached hydrogens (primary N) is 2. The summed E-state index contributed by atoms with van der Waals surface area (Å²) in [4.78, 5) is 38.9. The van der Waals surface area contributed by atoms with Gasteiger partial charge in [0.05, 0.1) is 58.4 Å². The molecule has 2 aromatic carbocycles. The molecule has 308 valence electrons. The van der Waals surface area contributed by atoms with Gasteiger partial charge in [-0.2, -0.15) is 0 Å². The molecular weight excluding hydrogens is 795 g/mol. The molecule has 0 aliphatic carbocycles. The third kappa shape index (κ3) is 15.6. The Bertz CT molecular complexity index is 1890. The highest BCUT2D eigenvalue weighted by molar-refractivity contribution is 6.62. The predicted molar refractivity (Wildman–Crippen MR) is 224 cm³/mol. The number of carbonyl (C=O) groups is 2. The van der Waals surface area contributed by atoms with Crippen molar-refractivity contribution in [2.45, 2.75) is 53.0 Å². The first-order valence-electron chi connectivity index (χ1n) is 18.5. The van der Waals surface area contributed by atoms with E-state index < -0.39 is 0 Å². The average molecular weight is 846 g/mol. The number of anilines is 2. The zero-order valence-corrected chi connectivity index (χ0v) is 34.9. The number of ether oxygens (including phenoxy) is 3. The van der Waals surface area contributed by atoms with E-state index in [1.165, 1.54) is 30.9 Å². The van der Waals surface area contributed by atoms with E-state index in [1.54, 1.807) is 15.9 Å². The van der Waals surface area contributed by atoms with E-state index in [4.69, 9.17) is 65.6 Å². The van der Waals surface area contributed by atoms with Gasteiger partial charge in [-0.25, -0.2) is 4.79 Å². The minimum absolute atomic E-state index is 0.0671. The first-order valence-corrected chi connectivity index (χ1v) is 19.6. The van der Waals surface area contributed by atoms with Crippen LogP contribution in [0.3, 0.4) is 0 Å². The Morgan fingerprint density at radius 3 is 1.54 bits per heavy atom. The zero-order valence-electron chi connectivity index (χ0n) is 32.6. The van der Waals surface area contributed by atoms with E-state index in [2.05, 4.69) is 19.8 Å². The Morgan fingerprint density at radius 1 is 0.684 bits per heavy atom. The molecule has 0 atom stereocenters. The van der Waals surface area contributed by atoms with Gasteiger partial charge in [-0.3, -0.25) is 24.6 Å². The molecule has 57 heavy (non-hydrogen) atoms. The van der Waals surface area contributed by atoms with Gasteiger partial charge in [0.25, 0.3) is 0 Å². The molecule has 17 heteroatoms. The molecule has 0 bridgehead atoms. The number of piperazine rings is 2. The number of amides is 2. The maximum Gasteiger partial charge on any atom is 0.415 e. The summed E-state index contributed by atoms with van der Waals surface area (Å²) in [5.41, 5.74) is 14.1. The van der Waals surface area contributed by atoms with Gasteiger partial charge >= 0.3 is 11.5 Å². The summed E-state index contributed by atoms with van der Waals surface area (Å²) >= 11 is 17.8. The minimum atomic E-state index is -0.383. The molecule has 0 unspecified atom stereocenters. The van der Waals surface area contributed by atoms with Crippen LogP contribution in [0.15, 0.2) is 73.3 Å². The molecule has 2 fully saturated rings. The number of hydrogen-bond donors (Lipinski definition) is 3. The quantitative estimate of drug-likeness (QED) is 0.113. The highest BCUT2D eigenvalue weighted by Crippen LogP contribution is 2.28. The Balaban J connectivity index is 0.000000217. The van der Waals surface area contributed by atoms with E-state index >= 15 is 0 Å². The first-order chi connectivity index (χ1) is 27.1. The summed E-state index contributed by atoms with van der Waals surface area (Å²) < 4.78 is 16.8. The normalized spacial score (nSPS) is 14.6. The second-order valence-electron chi connectivity index (χ2n) is 13.9. The molecule has 2 aliphatic rings. The molecule has 0 radical (unpaired) electrons. The van der Waals surface area contributed by atoms with Crippen molar-refractivity contribution in [3.63, 3.8) is 0 Å². The summed E-state index contributed by atoms with van der Waals surface area (Å²) in [5, 5.41) is 9.55. The highest BCUT2D eigenvalue weighted by Gasteiger charge is 2.23. The van der Waals surface area contributed by atoms with Crippen LogP contribution in [0.5, 0.6) is 23.0 Å². The Hall–Kier alpha value is -4.73. The molecule has 4 aromatic rings. The van der Waals surface area contributed by atoms with E-state index in [-0.39, 0.29) is 29.4 Å². The van der Waals surface area contributed by atoms with Gasteiger partial charge in [0, 0.05) is 77.6 Å². The Labute approximate surface area is 349 Å². The number of carbonyl (C=O) groups excluding carboxylic acids is 2. The van der Waals surface area contributed by atoms with Crippen molar-refractivity contribution in [2.75, 3.05) is 63.8 Å². The molecule has 0 spiro atoms. The maximum atomic E-state index is 12.3. The van der Waals surface area contributed by atoms with E-state index in [9.17, 15) is 9.59 Å². The molecule has 4 heterocycles. The number of aromatic hydroxyl groups is 1. The number of benzene rings is 2. The van der Waals surface area contributed by atoms with Crippen molar-refractivity contribution in [1.29, 1.82) is 0 Å². The van der Waals surface area contributed by atoms with Crippen molar-refractivity contribution < 1.29 is 28.9 Å². The summed E-state index contributed by atoms with van der Waals surface area (Å²) in [6.07, 6.45) is 5.56. The standard InChI is InChI=1S/C20H25ClN4O3.C15H20Cl2N2O2.C5H6N2O/c1-14(2)27-19-9-15(3-4-18(19)21)13-24-5-7-25(8-6-24)20(26)28-17-10-16(22)11-23-12-17;1-11(2)21-14-9-12(3-4-13(14)16)10-18-5-7-19(8-6-18)15(17)20;6-4-1-5(8)3-7-2-4/h3-4,9-12,14H,5-8,13,22H2,1-2H3;3-4,9,11H,5-8,10H2,1-2H3;1-3,8H,6H2. The SMILES string of the molecule is CC(C)Oc1cc(CN2CCN(C(=O)Cl)CC2)ccc1Cl.CC(C)Oc1cc(CN2CCN(C(=O)Oc3cncc(N)c3)CC2)ccc1Cl.Nc1cncc(O)c1. The van der Waals surface area contributed by atoms with Crippen LogP contribution in [-0.2, 0) is 13.1 Å². The number of aromatic nitrogens is 2. The highest BCUT2D eigenvalue weighted by atomic mass is 35.5. The zero-order chi connectivity index (χ0) is 41.5. The molecule has 2 aromatic heterocycles. The van der Waals surface area contributed by atoms with Crippen LogP contribution >= 0.6 is 34.8 Å². The molecule has 5 N–H and O–H groups in total. The fraction of sp³-hybridized carbons (Fsp3) is 0.400. The van der Waals surface area contributed by atoms with Crippen LogP contribution in [0.4, 0.5) is 21.0 Å². The van der Waals surface area contributed by atoms with Gasteiger partial charge < -0.3 is 40.6 Å². The van der Waals surface area contributed by atoms with Crippen LogP contribution in [0.25, 0.3) is 0 Å². The summed E-state index contributed by atoms with van der Waals surface area (Å²) in [7, 11) is 0. The second-order valence-corrected chi connectivity index (χ2v) is 15.1.